The fourth-order valence-electron chi connectivity index (χ4n) is 3.12. The molecule has 0 saturated heterocycles. The summed E-state index contributed by atoms with van der Waals surface area (Å²) in [5.41, 5.74) is 3.66. The lowest BCUT2D eigenvalue weighted by Gasteiger charge is -2.13. The van der Waals surface area contributed by atoms with Crippen LogP contribution < -0.4 is 24.4 Å². The molecule has 3 rings (SSSR count). The number of hydrogen-bond donors (Lipinski definition) is 1. The number of nitrogens with one attached hydrogen (secondary N) is 1. The van der Waals surface area contributed by atoms with E-state index in [1.165, 1.54) is 21.3 Å². The fourth-order valence-corrected chi connectivity index (χ4v) is 3.12. The summed E-state index contributed by atoms with van der Waals surface area (Å²) in [6.45, 7) is 2.44. The van der Waals surface area contributed by atoms with Gasteiger partial charge in [0.05, 0.1) is 34.2 Å². The number of carbonyl (C=O) groups is 1. The van der Waals surface area contributed by atoms with E-state index >= 15 is 0 Å². The second-order valence-corrected chi connectivity index (χ2v) is 6.24. The van der Waals surface area contributed by atoms with Crippen LogP contribution in [0.25, 0.3) is 10.8 Å². The van der Waals surface area contributed by atoms with Crippen molar-refractivity contribution in [2.45, 2.75) is 6.92 Å². The number of carbonyl (C=O) groups excluding carboxylic acids is 1. The quantitative estimate of drug-likeness (QED) is 0.450. The molecule has 0 heterocycles. The summed E-state index contributed by atoms with van der Waals surface area (Å²) in [7, 11) is 4.49. The lowest BCUT2D eigenvalue weighted by Crippen LogP contribution is -2.18. The second kappa shape index (κ2) is 9.65. The van der Waals surface area contributed by atoms with Gasteiger partial charge in [-0.3, -0.25) is 4.79 Å². The average Bonchev–Trinajstić information content (AvgIpc) is 2.79. The molecule has 0 aliphatic rings. The minimum Gasteiger partial charge on any atom is -0.493 e. The maximum Gasteiger partial charge on any atom is 0.271 e. The molecule has 0 fully saturated rings. The van der Waals surface area contributed by atoms with E-state index in [-0.39, 0.29) is 0 Å². The third-order valence-corrected chi connectivity index (χ3v) is 4.52. The van der Waals surface area contributed by atoms with Crippen LogP contribution in [0.2, 0.25) is 0 Å². The van der Waals surface area contributed by atoms with Gasteiger partial charge in [0.1, 0.15) is 5.75 Å². The molecule has 0 unspecified atom stereocenters. The molecule has 3 aromatic rings. The zero-order chi connectivity index (χ0) is 21.5. The maximum absolute atomic E-state index is 12.6. The Hall–Kier alpha value is -3.74. The van der Waals surface area contributed by atoms with E-state index in [4.69, 9.17) is 18.9 Å². The molecule has 0 atom stereocenters. The van der Waals surface area contributed by atoms with Crippen molar-refractivity contribution in [1.29, 1.82) is 0 Å². The lowest BCUT2D eigenvalue weighted by molar-refractivity contribution is 0.0954. The van der Waals surface area contributed by atoms with Crippen LogP contribution in [0.1, 0.15) is 22.8 Å². The molecule has 0 aromatic heterocycles. The number of methoxy groups -OCH3 is 3. The predicted octanol–water partition coefficient (Wildman–Crippen LogP) is 4.03. The summed E-state index contributed by atoms with van der Waals surface area (Å²) in [6, 6.07) is 14.9. The molecule has 156 valence electrons. The fraction of sp³-hybridized carbons (Fsp3) is 0.217. The van der Waals surface area contributed by atoms with E-state index in [1.807, 2.05) is 43.3 Å². The Balaban J connectivity index is 1.89. The molecule has 7 heteroatoms. The molecule has 7 nitrogen and oxygen atoms in total. The summed E-state index contributed by atoms with van der Waals surface area (Å²) in [5.74, 6) is 1.47. The predicted molar refractivity (Wildman–Crippen MR) is 116 cm³/mol. The molecule has 1 N–H and O–H groups in total. The first-order valence-corrected chi connectivity index (χ1v) is 9.40. The molecule has 0 spiro atoms. The van der Waals surface area contributed by atoms with Crippen LogP contribution in [0.15, 0.2) is 53.6 Å². The Labute approximate surface area is 175 Å². The molecule has 30 heavy (non-hydrogen) atoms. The number of hydrogen-bond acceptors (Lipinski definition) is 6. The molecular formula is C23H24N2O5. The van der Waals surface area contributed by atoms with Gasteiger partial charge in [0.25, 0.3) is 5.91 Å². The van der Waals surface area contributed by atoms with Gasteiger partial charge in [0.15, 0.2) is 11.5 Å². The molecule has 0 aliphatic carbocycles. The van der Waals surface area contributed by atoms with Crippen molar-refractivity contribution >= 4 is 22.9 Å². The normalized spacial score (nSPS) is 10.8. The summed E-state index contributed by atoms with van der Waals surface area (Å²) in [4.78, 5) is 12.6. The van der Waals surface area contributed by atoms with Crippen LogP contribution in [0.3, 0.4) is 0 Å². The number of fused-ring (bicyclic) bond motifs is 1. The summed E-state index contributed by atoms with van der Waals surface area (Å²) in [6.07, 6.45) is 1.59. The Kier molecular flexibility index (Phi) is 6.75. The first kappa shape index (κ1) is 21.0. The van der Waals surface area contributed by atoms with Gasteiger partial charge in [-0.25, -0.2) is 5.43 Å². The largest absolute Gasteiger partial charge is 0.493 e. The zero-order valence-electron chi connectivity index (χ0n) is 17.4. The minimum absolute atomic E-state index is 0.324. The highest BCUT2D eigenvalue weighted by atomic mass is 16.5. The van der Waals surface area contributed by atoms with Gasteiger partial charge in [-0.1, -0.05) is 30.3 Å². The number of benzene rings is 3. The molecular weight excluding hydrogens is 384 g/mol. The Bertz CT molecular complexity index is 1050. The Morgan fingerprint density at radius 1 is 0.967 bits per heavy atom. The third-order valence-electron chi connectivity index (χ3n) is 4.52. The highest BCUT2D eigenvalue weighted by Crippen LogP contribution is 2.38. The molecule has 0 bridgehead atoms. The number of nitrogens with zero attached hydrogens (tertiary/aromatic N) is 1. The van der Waals surface area contributed by atoms with E-state index in [0.29, 0.717) is 35.2 Å². The van der Waals surface area contributed by atoms with Crippen molar-refractivity contribution in [3.8, 4) is 23.0 Å². The van der Waals surface area contributed by atoms with Crippen molar-refractivity contribution in [2.24, 2.45) is 5.10 Å². The molecule has 0 aliphatic heterocycles. The van der Waals surface area contributed by atoms with Crippen molar-refractivity contribution in [3.05, 3.63) is 59.7 Å². The van der Waals surface area contributed by atoms with Crippen molar-refractivity contribution < 1.29 is 23.7 Å². The monoisotopic (exact) mass is 408 g/mol. The van der Waals surface area contributed by atoms with Gasteiger partial charge >= 0.3 is 0 Å². The van der Waals surface area contributed by atoms with Gasteiger partial charge in [0, 0.05) is 11.1 Å². The Morgan fingerprint density at radius 3 is 2.30 bits per heavy atom. The van der Waals surface area contributed by atoms with Crippen LogP contribution in [0, 0.1) is 0 Å². The highest BCUT2D eigenvalue weighted by Gasteiger charge is 2.17. The zero-order valence-corrected chi connectivity index (χ0v) is 17.4. The van der Waals surface area contributed by atoms with Gasteiger partial charge in [-0.05, 0) is 35.9 Å². The average molecular weight is 408 g/mol. The van der Waals surface area contributed by atoms with E-state index in [2.05, 4.69) is 10.5 Å². The van der Waals surface area contributed by atoms with Crippen molar-refractivity contribution in [2.75, 3.05) is 27.9 Å². The minimum atomic E-state index is -0.413. The molecule has 3 aromatic carbocycles. The second-order valence-electron chi connectivity index (χ2n) is 6.24. The summed E-state index contributed by atoms with van der Waals surface area (Å²) < 4.78 is 21.6. The standard InChI is InChI=1S/C23H24N2O5/c1-5-30-19-11-10-15-8-6-7-9-17(15)18(19)14-24-25-23(26)16-12-20(27-2)22(29-4)21(13-16)28-3/h6-14H,5H2,1-4H3,(H,25,26)/b24-14-. The van der Waals surface area contributed by atoms with Gasteiger partial charge < -0.3 is 18.9 Å². The van der Waals surface area contributed by atoms with E-state index in [0.717, 1.165) is 16.3 Å². The van der Waals surface area contributed by atoms with Gasteiger partial charge in [-0.15, -0.1) is 0 Å². The third kappa shape index (κ3) is 4.30. The highest BCUT2D eigenvalue weighted by molar-refractivity contribution is 6.03. The topological polar surface area (TPSA) is 78.4 Å². The first-order chi connectivity index (χ1) is 14.6. The van der Waals surface area contributed by atoms with Crippen LogP contribution in [0.5, 0.6) is 23.0 Å². The van der Waals surface area contributed by atoms with Crippen LogP contribution in [-0.4, -0.2) is 40.1 Å². The number of hydrazone groups is 1. The molecule has 0 radical (unpaired) electrons. The van der Waals surface area contributed by atoms with E-state index in [9.17, 15) is 4.79 Å². The van der Waals surface area contributed by atoms with Crippen LogP contribution >= 0.6 is 0 Å². The number of rotatable bonds is 8. The Morgan fingerprint density at radius 2 is 1.67 bits per heavy atom. The maximum atomic E-state index is 12.6. The van der Waals surface area contributed by atoms with E-state index < -0.39 is 5.91 Å². The first-order valence-electron chi connectivity index (χ1n) is 9.40. The molecule has 0 saturated carbocycles. The van der Waals surface area contributed by atoms with Gasteiger partial charge in [0.2, 0.25) is 5.75 Å². The van der Waals surface area contributed by atoms with Gasteiger partial charge in [-0.2, -0.15) is 5.10 Å². The molecule has 1 amide bonds. The summed E-state index contributed by atoms with van der Waals surface area (Å²) in [5, 5.41) is 6.18. The summed E-state index contributed by atoms with van der Waals surface area (Å²) >= 11 is 0. The van der Waals surface area contributed by atoms with Crippen molar-refractivity contribution in [3.63, 3.8) is 0 Å². The smallest absolute Gasteiger partial charge is 0.271 e. The SMILES string of the molecule is CCOc1ccc2ccccc2c1/C=N\NC(=O)c1cc(OC)c(OC)c(OC)c1. The number of ether oxygens (including phenoxy) is 4. The van der Waals surface area contributed by atoms with Crippen molar-refractivity contribution in [1.82, 2.24) is 5.43 Å². The van der Waals surface area contributed by atoms with E-state index in [1.54, 1.807) is 18.3 Å². The van der Waals surface area contributed by atoms with Crippen LogP contribution in [0.4, 0.5) is 0 Å². The van der Waals surface area contributed by atoms with Crippen LogP contribution in [-0.2, 0) is 0 Å². The lowest BCUT2D eigenvalue weighted by atomic mass is 10.0. The number of amides is 1.